The SMILES string of the molecule is O=C(CCn1ccc(=O)[nH]c1=O)N[C@H](c1ccccc1)C1CC(O)C1. The predicted octanol–water partition coefficient (Wildman–Crippen LogP) is 0.555. The summed E-state index contributed by atoms with van der Waals surface area (Å²) < 4.78 is 1.30. The van der Waals surface area contributed by atoms with E-state index in [0.29, 0.717) is 12.8 Å². The van der Waals surface area contributed by atoms with Crippen LogP contribution in [0.2, 0.25) is 0 Å². The smallest absolute Gasteiger partial charge is 0.328 e. The van der Waals surface area contributed by atoms with E-state index in [0.717, 1.165) is 5.56 Å². The molecule has 3 rings (SSSR count). The van der Waals surface area contributed by atoms with Crippen LogP contribution in [-0.2, 0) is 11.3 Å². The van der Waals surface area contributed by atoms with Crippen LogP contribution in [0.5, 0.6) is 0 Å². The van der Waals surface area contributed by atoms with Crippen molar-refractivity contribution in [2.24, 2.45) is 5.92 Å². The topological polar surface area (TPSA) is 104 Å². The minimum atomic E-state index is -0.526. The predicted molar refractivity (Wildman–Crippen MR) is 92.0 cm³/mol. The van der Waals surface area contributed by atoms with Gasteiger partial charge in [-0.2, -0.15) is 0 Å². The summed E-state index contributed by atoms with van der Waals surface area (Å²) in [6.07, 6.45) is 2.54. The van der Waals surface area contributed by atoms with Gasteiger partial charge < -0.3 is 15.0 Å². The number of nitrogens with one attached hydrogen (secondary N) is 2. The van der Waals surface area contributed by atoms with E-state index in [9.17, 15) is 19.5 Å². The summed E-state index contributed by atoms with van der Waals surface area (Å²) in [4.78, 5) is 37.2. The van der Waals surface area contributed by atoms with Gasteiger partial charge in [-0.3, -0.25) is 14.6 Å². The molecule has 0 aliphatic heterocycles. The van der Waals surface area contributed by atoms with Gasteiger partial charge in [0.15, 0.2) is 0 Å². The van der Waals surface area contributed by atoms with Crippen LogP contribution in [0.3, 0.4) is 0 Å². The molecular weight excluding hydrogens is 322 g/mol. The van der Waals surface area contributed by atoms with E-state index in [2.05, 4.69) is 10.3 Å². The number of nitrogens with zero attached hydrogens (tertiary/aromatic N) is 1. The minimum Gasteiger partial charge on any atom is -0.393 e. The zero-order chi connectivity index (χ0) is 17.8. The molecule has 1 aliphatic rings. The maximum Gasteiger partial charge on any atom is 0.328 e. The van der Waals surface area contributed by atoms with Crippen molar-refractivity contribution in [2.75, 3.05) is 0 Å². The van der Waals surface area contributed by atoms with Crippen LogP contribution in [0.4, 0.5) is 0 Å². The first-order valence-corrected chi connectivity index (χ1v) is 8.35. The Labute approximate surface area is 144 Å². The fourth-order valence-corrected chi connectivity index (χ4v) is 3.12. The molecule has 0 saturated heterocycles. The normalized spacial score (nSPS) is 20.5. The van der Waals surface area contributed by atoms with Crippen molar-refractivity contribution in [3.63, 3.8) is 0 Å². The second-order valence-electron chi connectivity index (χ2n) is 6.39. The average molecular weight is 343 g/mol. The Hall–Kier alpha value is -2.67. The first-order chi connectivity index (χ1) is 12.0. The molecular formula is C18H21N3O4. The molecule has 1 saturated carbocycles. The van der Waals surface area contributed by atoms with E-state index >= 15 is 0 Å². The summed E-state index contributed by atoms with van der Waals surface area (Å²) in [5.74, 6) is 0.0329. The van der Waals surface area contributed by atoms with E-state index in [1.54, 1.807) is 0 Å². The molecule has 7 nitrogen and oxygen atoms in total. The van der Waals surface area contributed by atoms with Gasteiger partial charge in [0.1, 0.15) is 0 Å². The van der Waals surface area contributed by atoms with Crippen LogP contribution in [0, 0.1) is 5.92 Å². The Morgan fingerprint density at radius 3 is 2.60 bits per heavy atom. The van der Waals surface area contributed by atoms with Gasteiger partial charge in [-0.15, -0.1) is 0 Å². The van der Waals surface area contributed by atoms with Crippen LogP contribution >= 0.6 is 0 Å². The van der Waals surface area contributed by atoms with Gasteiger partial charge in [-0.05, 0) is 24.3 Å². The number of hydrogen-bond acceptors (Lipinski definition) is 4. The van der Waals surface area contributed by atoms with Crippen LogP contribution < -0.4 is 16.6 Å². The number of aromatic nitrogens is 2. The van der Waals surface area contributed by atoms with Crippen molar-refractivity contribution in [3.8, 4) is 0 Å². The quantitative estimate of drug-likeness (QED) is 0.713. The third-order valence-corrected chi connectivity index (χ3v) is 4.57. The van der Waals surface area contributed by atoms with Gasteiger partial charge in [-0.1, -0.05) is 30.3 Å². The first-order valence-electron chi connectivity index (χ1n) is 8.35. The number of amides is 1. The van der Waals surface area contributed by atoms with E-state index in [1.165, 1.54) is 16.8 Å². The molecule has 0 unspecified atom stereocenters. The Balaban J connectivity index is 1.64. The van der Waals surface area contributed by atoms with Crippen molar-refractivity contribution in [1.29, 1.82) is 0 Å². The molecule has 1 amide bonds. The number of aryl methyl sites for hydroxylation is 1. The monoisotopic (exact) mass is 343 g/mol. The number of carbonyl (C=O) groups is 1. The lowest BCUT2D eigenvalue weighted by Crippen LogP contribution is -2.41. The summed E-state index contributed by atoms with van der Waals surface area (Å²) in [6.45, 7) is 0.191. The summed E-state index contributed by atoms with van der Waals surface area (Å²) in [5, 5.41) is 12.6. The molecule has 25 heavy (non-hydrogen) atoms. The van der Waals surface area contributed by atoms with Gasteiger partial charge in [-0.25, -0.2) is 4.79 Å². The number of aliphatic hydroxyl groups is 1. The average Bonchev–Trinajstić information content (AvgIpc) is 2.57. The zero-order valence-electron chi connectivity index (χ0n) is 13.7. The largest absolute Gasteiger partial charge is 0.393 e. The number of rotatable bonds is 6. The number of carbonyl (C=O) groups excluding carboxylic acids is 1. The molecule has 7 heteroatoms. The molecule has 3 N–H and O–H groups in total. The van der Waals surface area contributed by atoms with Crippen molar-refractivity contribution >= 4 is 5.91 Å². The maximum atomic E-state index is 12.3. The molecule has 1 atom stereocenters. The van der Waals surface area contributed by atoms with Gasteiger partial charge in [0.25, 0.3) is 5.56 Å². The molecule has 0 bridgehead atoms. The van der Waals surface area contributed by atoms with E-state index < -0.39 is 11.2 Å². The van der Waals surface area contributed by atoms with E-state index in [1.807, 2.05) is 30.3 Å². The highest BCUT2D eigenvalue weighted by Crippen LogP contribution is 2.38. The molecule has 132 valence electrons. The van der Waals surface area contributed by atoms with Crippen LogP contribution in [0.25, 0.3) is 0 Å². The second kappa shape index (κ2) is 7.48. The number of benzene rings is 1. The van der Waals surface area contributed by atoms with Gasteiger partial charge in [0.2, 0.25) is 5.91 Å². The van der Waals surface area contributed by atoms with Gasteiger partial charge >= 0.3 is 5.69 Å². The minimum absolute atomic E-state index is 0.130. The Bertz CT molecular complexity index is 837. The molecule has 1 aliphatic carbocycles. The highest BCUT2D eigenvalue weighted by atomic mass is 16.3. The van der Waals surface area contributed by atoms with Crippen molar-refractivity contribution < 1.29 is 9.90 Å². The summed E-state index contributed by atoms with van der Waals surface area (Å²) >= 11 is 0. The third-order valence-electron chi connectivity index (χ3n) is 4.57. The Kier molecular flexibility index (Phi) is 5.14. The molecule has 1 aromatic carbocycles. The zero-order valence-corrected chi connectivity index (χ0v) is 13.7. The lowest BCUT2D eigenvalue weighted by molar-refractivity contribution is -0.123. The summed E-state index contributed by atoms with van der Waals surface area (Å²) in [6, 6.07) is 10.8. The lowest BCUT2D eigenvalue weighted by Gasteiger charge is -2.38. The fraction of sp³-hybridized carbons (Fsp3) is 0.389. The van der Waals surface area contributed by atoms with Crippen molar-refractivity contribution in [3.05, 3.63) is 69.0 Å². The number of aromatic amines is 1. The van der Waals surface area contributed by atoms with E-state index in [4.69, 9.17) is 0 Å². The van der Waals surface area contributed by atoms with Gasteiger partial charge in [0, 0.05) is 25.2 Å². The number of H-pyrrole nitrogens is 1. The highest BCUT2D eigenvalue weighted by Gasteiger charge is 2.35. The molecule has 0 radical (unpaired) electrons. The lowest BCUT2D eigenvalue weighted by atomic mass is 9.75. The third kappa shape index (κ3) is 4.24. The fourth-order valence-electron chi connectivity index (χ4n) is 3.12. The highest BCUT2D eigenvalue weighted by molar-refractivity contribution is 5.76. The molecule has 1 fully saturated rings. The molecule has 1 aromatic heterocycles. The van der Waals surface area contributed by atoms with Crippen molar-refractivity contribution in [2.45, 2.75) is 38.0 Å². The molecule has 1 heterocycles. The van der Waals surface area contributed by atoms with E-state index in [-0.39, 0.29) is 36.9 Å². The second-order valence-corrected chi connectivity index (χ2v) is 6.39. The summed E-state index contributed by atoms with van der Waals surface area (Å²) in [7, 11) is 0. The maximum absolute atomic E-state index is 12.3. The summed E-state index contributed by atoms with van der Waals surface area (Å²) in [5.41, 5.74) is 0.0226. The standard InChI is InChI=1S/C18H21N3O4/c22-14-10-13(11-14)17(12-4-2-1-3-5-12)19-15(23)6-8-21-9-7-16(24)20-18(21)25/h1-5,7,9,13-14,17,22H,6,8,10-11H2,(H,19,23)(H,20,24,25)/t13?,14?,17-/m1/s1. The van der Waals surface area contributed by atoms with Gasteiger partial charge in [0.05, 0.1) is 12.1 Å². The van der Waals surface area contributed by atoms with Crippen LogP contribution in [0.1, 0.15) is 30.9 Å². The Morgan fingerprint density at radius 1 is 1.24 bits per heavy atom. The number of hydrogen-bond donors (Lipinski definition) is 3. The molecule has 2 aromatic rings. The first kappa shape index (κ1) is 17.2. The number of aliphatic hydroxyl groups excluding tert-OH is 1. The van der Waals surface area contributed by atoms with Crippen LogP contribution in [-0.4, -0.2) is 26.7 Å². The van der Waals surface area contributed by atoms with Crippen LogP contribution in [0.15, 0.2) is 52.2 Å². The van der Waals surface area contributed by atoms with Crippen molar-refractivity contribution in [1.82, 2.24) is 14.9 Å². The molecule has 0 spiro atoms. The Morgan fingerprint density at radius 2 is 1.96 bits per heavy atom.